The largest absolute Gasteiger partial charge is 0.368 e. The maximum Gasteiger partial charge on any atom is 0.238 e. The predicted octanol–water partition coefficient (Wildman–Crippen LogP) is 1.67. The van der Waals surface area contributed by atoms with Gasteiger partial charge in [0.1, 0.15) is 5.54 Å². The highest BCUT2D eigenvalue weighted by atomic mass is 16.1. The van der Waals surface area contributed by atoms with E-state index in [0.717, 1.165) is 25.8 Å². The molecule has 0 spiro atoms. The fourth-order valence-electron chi connectivity index (χ4n) is 3.01. The summed E-state index contributed by atoms with van der Waals surface area (Å²) in [6, 6.07) is 0. The summed E-state index contributed by atoms with van der Waals surface area (Å²) < 4.78 is 0. The number of primary amides is 1. The van der Waals surface area contributed by atoms with Gasteiger partial charge in [-0.3, -0.25) is 4.79 Å². The van der Waals surface area contributed by atoms with E-state index in [9.17, 15) is 4.79 Å². The maximum atomic E-state index is 11.7. The van der Waals surface area contributed by atoms with Gasteiger partial charge in [0, 0.05) is 0 Å². The molecule has 1 saturated carbocycles. The molecule has 3 heteroatoms. The number of nitrogens with two attached hydrogens (primary N) is 1. The molecule has 1 aliphatic carbocycles. The molecule has 0 aliphatic heterocycles. The summed E-state index contributed by atoms with van der Waals surface area (Å²) in [5.74, 6) is 0.144. The maximum absolute atomic E-state index is 11.7. The Hall–Kier alpha value is -0.570. The third-order valence-electron chi connectivity index (χ3n) is 3.59. The Bertz CT molecular complexity index is 250. The molecule has 1 amide bonds. The van der Waals surface area contributed by atoms with Gasteiger partial charge in [0.25, 0.3) is 0 Å². The summed E-state index contributed by atoms with van der Waals surface area (Å²) in [6.07, 6.45) is 2.95. The van der Waals surface area contributed by atoms with Crippen molar-refractivity contribution < 1.29 is 4.79 Å². The number of amides is 1. The normalized spacial score (nSPS) is 34.3. The van der Waals surface area contributed by atoms with Crippen molar-refractivity contribution in [1.82, 2.24) is 5.32 Å². The number of nitrogens with one attached hydrogen (secondary N) is 1. The van der Waals surface area contributed by atoms with Gasteiger partial charge < -0.3 is 11.1 Å². The molecule has 15 heavy (non-hydrogen) atoms. The Labute approximate surface area is 92.8 Å². The minimum Gasteiger partial charge on any atom is -0.368 e. The molecular weight excluding hydrogens is 188 g/mol. The summed E-state index contributed by atoms with van der Waals surface area (Å²) in [5, 5.41) is 3.38. The van der Waals surface area contributed by atoms with E-state index < -0.39 is 5.54 Å². The SMILES string of the molecule is CCCNC1(C(N)=O)CC(C)(C)CC1C. The lowest BCUT2D eigenvalue weighted by Gasteiger charge is -2.32. The summed E-state index contributed by atoms with van der Waals surface area (Å²) in [4.78, 5) is 11.7. The Morgan fingerprint density at radius 1 is 1.53 bits per heavy atom. The first-order valence-electron chi connectivity index (χ1n) is 5.89. The van der Waals surface area contributed by atoms with Crippen molar-refractivity contribution in [2.75, 3.05) is 6.54 Å². The van der Waals surface area contributed by atoms with E-state index in [1.807, 2.05) is 0 Å². The molecule has 2 unspecified atom stereocenters. The highest BCUT2D eigenvalue weighted by molar-refractivity contribution is 5.85. The van der Waals surface area contributed by atoms with Crippen LogP contribution in [-0.2, 0) is 4.79 Å². The molecule has 1 rings (SSSR count). The van der Waals surface area contributed by atoms with Gasteiger partial charge in [-0.15, -0.1) is 0 Å². The van der Waals surface area contributed by atoms with E-state index in [1.165, 1.54) is 0 Å². The van der Waals surface area contributed by atoms with Crippen molar-refractivity contribution >= 4 is 5.91 Å². The first-order valence-corrected chi connectivity index (χ1v) is 5.89. The van der Waals surface area contributed by atoms with E-state index >= 15 is 0 Å². The molecule has 0 heterocycles. The summed E-state index contributed by atoms with van der Waals surface area (Å²) in [6.45, 7) is 9.52. The van der Waals surface area contributed by atoms with Crippen LogP contribution < -0.4 is 11.1 Å². The van der Waals surface area contributed by atoms with Crippen LogP contribution in [0, 0.1) is 11.3 Å². The van der Waals surface area contributed by atoms with Crippen LogP contribution in [0.1, 0.15) is 47.0 Å². The van der Waals surface area contributed by atoms with E-state index in [-0.39, 0.29) is 11.3 Å². The molecule has 0 aromatic carbocycles. The topological polar surface area (TPSA) is 55.1 Å². The van der Waals surface area contributed by atoms with Gasteiger partial charge in [-0.25, -0.2) is 0 Å². The molecule has 2 atom stereocenters. The Kier molecular flexibility index (Phi) is 3.44. The van der Waals surface area contributed by atoms with E-state index in [1.54, 1.807) is 0 Å². The smallest absolute Gasteiger partial charge is 0.238 e. The van der Waals surface area contributed by atoms with Gasteiger partial charge in [0.15, 0.2) is 0 Å². The van der Waals surface area contributed by atoms with Crippen LogP contribution in [0.5, 0.6) is 0 Å². The lowest BCUT2D eigenvalue weighted by Crippen LogP contribution is -2.57. The van der Waals surface area contributed by atoms with Crippen molar-refractivity contribution in [3.8, 4) is 0 Å². The van der Waals surface area contributed by atoms with Crippen molar-refractivity contribution in [2.24, 2.45) is 17.1 Å². The Balaban J connectivity index is 2.87. The second-order valence-electron chi connectivity index (χ2n) is 5.71. The molecule has 0 saturated heterocycles. The third kappa shape index (κ3) is 2.33. The van der Waals surface area contributed by atoms with E-state index in [2.05, 4.69) is 33.0 Å². The molecular formula is C12H24N2O. The van der Waals surface area contributed by atoms with Gasteiger partial charge >= 0.3 is 0 Å². The Morgan fingerprint density at radius 3 is 2.47 bits per heavy atom. The average molecular weight is 212 g/mol. The van der Waals surface area contributed by atoms with Crippen LogP contribution in [-0.4, -0.2) is 18.0 Å². The van der Waals surface area contributed by atoms with Gasteiger partial charge in [-0.05, 0) is 37.1 Å². The van der Waals surface area contributed by atoms with Gasteiger partial charge in [0.2, 0.25) is 5.91 Å². The monoisotopic (exact) mass is 212 g/mol. The number of rotatable bonds is 4. The summed E-state index contributed by atoms with van der Waals surface area (Å²) in [7, 11) is 0. The highest BCUT2D eigenvalue weighted by Crippen LogP contribution is 2.47. The van der Waals surface area contributed by atoms with Gasteiger partial charge in [-0.2, -0.15) is 0 Å². The Morgan fingerprint density at radius 2 is 2.13 bits per heavy atom. The molecule has 1 fully saturated rings. The highest BCUT2D eigenvalue weighted by Gasteiger charge is 2.52. The standard InChI is InChI=1S/C12H24N2O/c1-5-6-14-12(10(13)15)8-11(3,4)7-9(12)2/h9,14H,5-8H2,1-4H3,(H2,13,15). The van der Waals surface area contributed by atoms with Crippen molar-refractivity contribution in [3.05, 3.63) is 0 Å². The number of hydrogen-bond acceptors (Lipinski definition) is 2. The fourth-order valence-corrected chi connectivity index (χ4v) is 3.01. The molecule has 0 bridgehead atoms. The number of carbonyl (C=O) groups excluding carboxylic acids is 1. The van der Waals surface area contributed by atoms with Crippen LogP contribution in [0.4, 0.5) is 0 Å². The molecule has 88 valence electrons. The van der Waals surface area contributed by atoms with Gasteiger partial charge in [0.05, 0.1) is 0 Å². The molecule has 0 aromatic heterocycles. The first kappa shape index (κ1) is 12.5. The zero-order chi connectivity index (χ0) is 11.7. The van der Waals surface area contributed by atoms with Crippen molar-refractivity contribution in [3.63, 3.8) is 0 Å². The first-order chi connectivity index (χ1) is 6.84. The lowest BCUT2D eigenvalue weighted by molar-refractivity contribution is -0.125. The summed E-state index contributed by atoms with van der Waals surface area (Å²) >= 11 is 0. The van der Waals surface area contributed by atoms with E-state index in [4.69, 9.17) is 5.73 Å². The second kappa shape index (κ2) is 4.12. The fraction of sp³-hybridized carbons (Fsp3) is 0.917. The minimum absolute atomic E-state index is 0.186. The van der Waals surface area contributed by atoms with Gasteiger partial charge in [-0.1, -0.05) is 27.7 Å². The van der Waals surface area contributed by atoms with Crippen molar-refractivity contribution in [1.29, 1.82) is 0 Å². The predicted molar refractivity (Wildman–Crippen MR) is 62.4 cm³/mol. The van der Waals surface area contributed by atoms with Crippen LogP contribution in [0.25, 0.3) is 0 Å². The molecule has 0 radical (unpaired) electrons. The van der Waals surface area contributed by atoms with Crippen LogP contribution in [0.15, 0.2) is 0 Å². The number of carbonyl (C=O) groups is 1. The summed E-state index contributed by atoms with van der Waals surface area (Å²) in [5.41, 5.74) is 5.33. The lowest BCUT2D eigenvalue weighted by atomic mass is 9.85. The van der Waals surface area contributed by atoms with Crippen LogP contribution in [0.2, 0.25) is 0 Å². The van der Waals surface area contributed by atoms with Crippen molar-refractivity contribution in [2.45, 2.75) is 52.5 Å². The van der Waals surface area contributed by atoms with E-state index in [0.29, 0.717) is 5.92 Å². The zero-order valence-electron chi connectivity index (χ0n) is 10.4. The molecule has 3 nitrogen and oxygen atoms in total. The quantitative estimate of drug-likeness (QED) is 0.744. The average Bonchev–Trinajstić information content (AvgIpc) is 2.33. The minimum atomic E-state index is -0.473. The second-order valence-corrected chi connectivity index (χ2v) is 5.71. The molecule has 1 aliphatic rings. The zero-order valence-corrected chi connectivity index (χ0v) is 10.4. The number of hydrogen-bond donors (Lipinski definition) is 2. The van der Waals surface area contributed by atoms with Crippen LogP contribution >= 0.6 is 0 Å². The molecule has 0 aromatic rings. The third-order valence-corrected chi connectivity index (χ3v) is 3.59. The van der Waals surface area contributed by atoms with Crippen LogP contribution in [0.3, 0.4) is 0 Å². The molecule has 3 N–H and O–H groups in total.